The Labute approximate surface area is 155 Å². The minimum absolute atomic E-state index is 0.191. The molecule has 0 saturated heterocycles. The average molecular weight is 364 g/mol. The number of rotatable bonds is 6. The standard InChI is InChI=1S/C20H29NO3S/c1-13-9-10-17(11-15(13)3)25-12-19(22)24-16(4)20(23)21-18-8-6-5-7-14(18)2/h9-11,14,16,18H,5-8,12H2,1-4H3,(H,21,23)/t14-,16-,18-/m0/s1. The number of esters is 1. The first kappa shape index (κ1) is 19.8. The van der Waals surface area contributed by atoms with E-state index in [4.69, 9.17) is 4.74 Å². The third-order valence-corrected chi connectivity index (χ3v) is 5.92. The van der Waals surface area contributed by atoms with E-state index in [0.29, 0.717) is 5.92 Å². The summed E-state index contributed by atoms with van der Waals surface area (Å²) in [6, 6.07) is 6.31. The summed E-state index contributed by atoms with van der Waals surface area (Å²) in [5, 5.41) is 3.04. The predicted molar refractivity (Wildman–Crippen MR) is 102 cm³/mol. The Balaban J connectivity index is 1.76. The molecule has 0 unspecified atom stereocenters. The first-order valence-corrected chi connectivity index (χ1v) is 10.0. The van der Waals surface area contributed by atoms with Crippen LogP contribution in [0.1, 0.15) is 50.7 Å². The van der Waals surface area contributed by atoms with Crippen LogP contribution in [0.3, 0.4) is 0 Å². The molecule has 25 heavy (non-hydrogen) atoms. The number of hydrogen-bond donors (Lipinski definition) is 1. The Kier molecular flexibility index (Phi) is 7.36. The third kappa shape index (κ3) is 6.07. The van der Waals surface area contributed by atoms with Gasteiger partial charge < -0.3 is 10.1 Å². The maximum Gasteiger partial charge on any atom is 0.317 e. The molecule has 0 aliphatic heterocycles. The largest absolute Gasteiger partial charge is 0.452 e. The Morgan fingerprint density at radius 1 is 1.24 bits per heavy atom. The van der Waals surface area contributed by atoms with Crippen LogP contribution >= 0.6 is 11.8 Å². The van der Waals surface area contributed by atoms with Crippen LogP contribution in [-0.2, 0) is 14.3 Å². The van der Waals surface area contributed by atoms with Crippen LogP contribution in [0.15, 0.2) is 23.1 Å². The molecule has 1 aromatic rings. The lowest BCUT2D eigenvalue weighted by atomic mass is 9.86. The monoisotopic (exact) mass is 363 g/mol. The second-order valence-electron chi connectivity index (χ2n) is 7.04. The number of thioether (sulfide) groups is 1. The third-order valence-electron chi connectivity index (χ3n) is 4.95. The molecule has 1 aliphatic rings. The quantitative estimate of drug-likeness (QED) is 0.613. The van der Waals surface area contributed by atoms with Gasteiger partial charge in [-0.15, -0.1) is 11.8 Å². The molecule has 0 bridgehead atoms. The number of amides is 1. The van der Waals surface area contributed by atoms with E-state index in [2.05, 4.69) is 32.2 Å². The fraction of sp³-hybridized carbons (Fsp3) is 0.600. The predicted octanol–water partition coefficient (Wildman–Crippen LogP) is 4.02. The van der Waals surface area contributed by atoms with Crippen LogP contribution in [0, 0.1) is 19.8 Å². The SMILES string of the molecule is Cc1ccc(SCC(=O)O[C@@H](C)C(=O)N[C@H]2CCCC[C@@H]2C)cc1C. The smallest absolute Gasteiger partial charge is 0.317 e. The van der Waals surface area contributed by atoms with Gasteiger partial charge in [0.05, 0.1) is 5.75 Å². The van der Waals surface area contributed by atoms with Crippen molar-refractivity contribution in [2.45, 2.75) is 70.4 Å². The zero-order valence-corrected chi connectivity index (χ0v) is 16.4. The van der Waals surface area contributed by atoms with E-state index in [1.165, 1.54) is 29.3 Å². The molecular formula is C20H29NO3S. The molecule has 4 nitrogen and oxygen atoms in total. The van der Waals surface area contributed by atoms with Crippen LogP contribution in [0.5, 0.6) is 0 Å². The van der Waals surface area contributed by atoms with E-state index in [1.54, 1.807) is 6.92 Å². The van der Waals surface area contributed by atoms with Crippen molar-refractivity contribution in [3.05, 3.63) is 29.3 Å². The average Bonchev–Trinajstić information content (AvgIpc) is 2.58. The highest BCUT2D eigenvalue weighted by molar-refractivity contribution is 8.00. The molecule has 5 heteroatoms. The fourth-order valence-corrected chi connectivity index (χ4v) is 3.84. The van der Waals surface area contributed by atoms with E-state index in [-0.39, 0.29) is 23.7 Å². The molecule has 138 valence electrons. The number of aryl methyl sites for hydroxylation is 2. The maximum atomic E-state index is 12.3. The van der Waals surface area contributed by atoms with Crippen molar-refractivity contribution in [3.8, 4) is 0 Å². The van der Waals surface area contributed by atoms with Gasteiger partial charge >= 0.3 is 5.97 Å². The summed E-state index contributed by atoms with van der Waals surface area (Å²) in [6.07, 6.45) is 3.79. The Hall–Kier alpha value is -1.49. The minimum Gasteiger partial charge on any atom is -0.452 e. The highest BCUT2D eigenvalue weighted by Crippen LogP contribution is 2.24. The van der Waals surface area contributed by atoms with Crippen molar-refractivity contribution < 1.29 is 14.3 Å². The topological polar surface area (TPSA) is 55.4 Å². The van der Waals surface area contributed by atoms with Crippen LogP contribution in [0.25, 0.3) is 0 Å². The summed E-state index contributed by atoms with van der Waals surface area (Å²) in [5.41, 5.74) is 2.43. The normalized spacial score (nSPS) is 21.4. The number of carbonyl (C=O) groups is 2. The number of ether oxygens (including phenoxy) is 1. The highest BCUT2D eigenvalue weighted by atomic mass is 32.2. The Morgan fingerprint density at radius 3 is 2.64 bits per heavy atom. The van der Waals surface area contributed by atoms with Crippen LogP contribution < -0.4 is 5.32 Å². The Bertz CT molecular complexity index is 617. The summed E-state index contributed by atoms with van der Waals surface area (Å²) >= 11 is 1.43. The molecular weight excluding hydrogens is 334 g/mol. The van der Waals surface area contributed by atoms with Crippen LogP contribution in [-0.4, -0.2) is 29.8 Å². The first-order valence-electron chi connectivity index (χ1n) is 9.06. The molecule has 1 N–H and O–H groups in total. The van der Waals surface area contributed by atoms with Gasteiger partial charge in [0.2, 0.25) is 0 Å². The van der Waals surface area contributed by atoms with Gasteiger partial charge in [-0.1, -0.05) is 25.8 Å². The van der Waals surface area contributed by atoms with Crippen molar-refractivity contribution in [2.24, 2.45) is 5.92 Å². The fourth-order valence-electron chi connectivity index (χ4n) is 3.06. The van der Waals surface area contributed by atoms with Gasteiger partial charge in [-0.2, -0.15) is 0 Å². The molecule has 0 aromatic heterocycles. The summed E-state index contributed by atoms with van der Waals surface area (Å²) in [4.78, 5) is 25.3. The molecule has 1 saturated carbocycles. The van der Waals surface area contributed by atoms with Crippen molar-refractivity contribution in [1.82, 2.24) is 5.32 Å². The molecule has 0 radical (unpaired) electrons. The molecule has 1 amide bonds. The summed E-state index contributed by atoms with van der Waals surface area (Å²) in [5.74, 6) is 0.145. The van der Waals surface area contributed by atoms with Gasteiger partial charge in [0.15, 0.2) is 6.10 Å². The van der Waals surface area contributed by atoms with E-state index in [1.807, 2.05) is 12.1 Å². The van der Waals surface area contributed by atoms with Gasteiger partial charge in [-0.3, -0.25) is 9.59 Å². The lowest BCUT2D eigenvalue weighted by Gasteiger charge is -2.30. The van der Waals surface area contributed by atoms with Gasteiger partial charge in [0, 0.05) is 10.9 Å². The number of benzene rings is 1. The van der Waals surface area contributed by atoms with Gasteiger partial charge in [-0.25, -0.2) is 0 Å². The second kappa shape index (κ2) is 9.27. The molecule has 2 rings (SSSR count). The number of hydrogen-bond acceptors (Lipinski definition) is 4. The molecule has 1 aliphatic carbocycles. The molecule has 0 heterocycles. The van der Waals surface area contributed by atoms with Gasteiger partial charge in [0.25, 0.3) is 5.91 Å². The molecule has 3 atom stereocenters. The zero-order chi connectivity index (χ0) is 18.4. The highest BCUT2D eigenvalue weighted by Gasteiger charge is 2.26. The Morgan fingerprint density at radius 2 is 1.96 bits per heavy atom. The summed E-state index contributed by atoms with van der Waals surface area (Å²) in [6.45, 7) is 7.92. The van der Waals surface area contributed by atoms with Gasteiger partial charge in [0.1, 0.15) is 0 Å². The van der Waals surface area contributed by atoms with Crippen LogP contribution in [0.4, 0.5) is 0 Å². The number of nitrogens with one attached hydrogen (secondary N) is 1. The first-order chi connectivity index (χ1) is 11.9. The van der Waals surface area contributed by atoms with Crippen molar-refractivity contribution in [3.63, 3.8) is 0 Å². The molecule has 0 spiro atoms. The second-order valence-corrected chi connectivity index (χ2v) is 8.09. The van der Waals surface area contributed by atoms with E-state index in [9.17, 15) is 9.59 Å². The maximum absolute atomic E-state index is 12.3. The van der Waals surface area contributed by atoms with Crippen molar-refractivity contribution in [2.75, 3.05) is 5.75 Å². The lowest BCUT2D eigenvalue weighted by Crippen LogP contribution is -2.46. The summed E-state index contributed by atoms with van der Waals surface area (Å²) in [7, 11) is 0. The zero-order valence-electron chi connectivity index (χ0n) is 15.6. The molecule has 1 fully saturated rings. The van der Waals surface area contributed by atoms with Crippen molar-refractivity contribution in [1.29, 1.82) is 0 Å². The van der Waals surface area contributed by atoms with Crippen LogP contribution in [0.2, 0.25) is 0 Å². The van der Waals surface area contributed by atoms with E-state index >= 15 is 0 Å². The minimum atomic E-state index is -0.748. The van der Waals surface area contributed by atoms with Crippen molar-refractivity contribution >= 4 is 23.6 Å². The van der Waals surface area contributed by atoms with E-state index in [0.717, 1.165) is 24.2 Å². The number of carbonyl (C=O) groups excluding carboxylic acids is 2. The van der Waals surface area contributed by atoms with E-state index < -0.39 is 6.10 Å². The lowest BCUT2D eigenvalue weighted by molar-refractivity contribution is -0.152. The summed E-state index contributed by atoms with van der Waals surface area (Å²) < 4.78 is 5.29. The van der Waals surface area contributed by atoms with Gasteiger partial charge in [-0.05, 0) is 62.8 Å². The molecule has 1 aromatic carbocycles.